The molecule has 0 aliphatic heterocycles. The third-order valence-electron chi connectivity index (χ3n) is 3.05. The number of nitrogens with one attached hydrogen (secondary N) is 2. The second-order valence-electron chi connectivity index (χ2n) is 4.56. The molecule has 20 heavy (non-hydrogen) atoms. The van der Waals surface area contributed by atoms with Crippen molar-refractivity contribution in [1.29, 1.82) is 0 Å². The second-order valence-corrected chi connectivity index (χ2v) is 6.36. The fraction of sp³-hybridized carbons (Fsp3) is 0.538. The summed E-state index contributed by atoms with van der Waals surface area (Å²) in [5, 5.41) is 14.2. The highest BCUT2D eigenvalue weighted by Crippen LogP contribution is 2.21. The molecule has 112 valence electrons. The molecule has 2 atom stereocenters. The number of aliphatic carboxylic acids is 1. The summed E-state index contributed by atoms with van der Waals surface area (Å²) < 4.78 is 0.715. The predicted molar refractivity (Wildman–Crippen MR) is 80.4 cm³/mol. The van der Waals surface area contributed by atoms with Crippen LogP contribution in [0.3, 0.4) is 0 Å². The summed E-state index contributed by atoms with van der Waals surface area (Å²) in [6.07, 6.45) is 1.36. The summed E-state index contributed by atoms with van der Waals surface area (Å²) in [6, 6.07) is 2.40. The minimum absolute atomic E-state index is 0.116. The first-order valence-electron chi connectivity index (χ1n) is 6.45. The van der Waals surface area contributed by atoms with Gasteiger partial charge in [0.15, 0.2) is 0 Å². The Bertz CT molecular complexity index is 464. The fourth-order valence-corrected chi connectivity index (χ4v) is 2.75. The number of carboxylic acid groups (broad SMARTS) is 1. The van der Waals surface area contributed by atoms with E-state index in [1.807, 2.05) is 19.1 Å². The van der Waals surface area contributed by atoms with Crippen molar-refractivity contribution in [3.63, 3.8) is 0 Å². The average Bonchev–Trinajstić information content (AvgIpc) is 2.80. The molecule has 5 nitrogen and oxygen atoms in total. The van der Waals surface area contributed by atoms with Crippen LogP contribution in [0.15, 0.2) is 12.1 Å². The molecule has 0 aromatic carbocycles. The summed E-state index contributed by atoms with van der Waals surface area (Å²) in [6.45, 7) is 4.13. The first-order valence-corrected chi connectivity index (χ1v) is 7.64. The van der Waals surface area contributed by atoms with Crippen LogP contribution in [0.2, 0.25) is 4.34 Å². The molecule has 0 radical (unpaired) electrons. The fourth-order valence-electron chi connectivity index (χ4n) is 1.66. The minimum atomic E-state index is -1.01. The van der Waals surface area contributed by atoms with Crippen LogP contribution in [0, 0.1) is 5.92 Å². The minimum Gasteiger partial charge on any atom is -0.480 e. The summed E-state index contributed by atoms with van der Waals surface area (Å²) in [5.41, 5.74) is 0. The lowest BCUT2D eigenvalue weighted by molar-refractivity contribution is -0.140. The van der Waals surface area contributed by atoms with E-state index < -0.39 is 18.0 Å². The smallest absolute Gasteiger partial charge is 0.326 e. The molecule has 2 amide bonds. The van der Waals surface area contributed by atoms with E-state index in [1.54, 1.807) is 6.92 Å². The van der Waals surface area contributed by atoms with E-state index in [1.165, 1.54) is 11.3 Å². The van der Waals surface area contributed by atoms with Crippen LogP contribution in [0.4, 0.5) is 4.79 Å². The molecule has 0 unspecified atom stereocenters. The quantitative estimate of drug-likeness (QED) is 0.723. The Morgan fingerprint density at radius 3 is 2.65 bits per heavy atom. The van der Waals surface area contributed by atoms with Crippen LogP contribution in [-0.4, -0.2) is 29.7 Å². The molecule has 0 bridgehead atoms. The Morgan fingerprint density at radius 2 is 2.15 bits per heavy atom. The zero-order chi connectivity index (χ0) is 15.1. The third-order valence-corrected chi connectivity index (χ3v) is 4.34. The number of hydrogen-bond donors (Lipinski definition) is 3. The first kappa shape index (κ1) is 16.8. The van der Waals surface area contributed by atoms with Gasteiger partial charge in [0, 0.05) is 11.4 Å². The zero-order valence-corrected chi connectivity index (χ0v) is 13.1. The number of thiophene rings is 1. The van der Waals surface area contributed by atoms with Gasteiger partial charge < -0.3 is 15.7 Å². The van der Waals surface area contributed by atoms with Crippen molar-refractivity contribution >= 4 is 34.9 Å². The highest BCUT2D eigenvalue weighted by atomic mass is 35.5. The Kier molecular flexibility index (Phi) is 6.81. The molecule has 0 aliphatic rings. The molecule has 1 heterocycles. The number of urea groups is 1. The van der Waals surface area contributed by atoms with Crippen molar-refractivity contribution in [2.24, 2.45) is 5.92 Å². The van der Waals surface area contributed by atoms with Crippen molar-refractivity contribution in [1.82, 2.24) is 10.6 Å². The molecular formula is C13H19ClN2O3S. The van der Waals surface area contributed by atoms with E-state index in [0.717, 1.165) is 4.88 Å². The zero-order valence-electron chi connectivity index (χ0n) is 11.5. The van der Waals surface area contributed by atoms with Gasteiger partial charge in [-0.1, -0.05) is 31.9 Å². The van der Waals surface area contributed by atoms with Gasteiger partial charge in [-0.15, -0.1) is 11.3 Å². The van der Waals surface area contributed by atoms with Crippen molar-refractivity contribution in [2.45, 2.75) is 32.7 Å². The summed E-state index contributed by atoms with van der Waals surface area (Å²) >= 11 is 7.28. The van der Waals surface area contributed by atoms with Crippen LogP contribution in [0.5, 0.6) is 0 Å². The van der Waals surface area contributed by atoms with Crippen molar-refractivity contribution in [3.05, 3.63) is 21.3 Å². The van der Waals surface area contributed by atoms with Gasteiger partial charge in [-0.25, -0.2) is 9.59 Å². The lowest BCUT2D eigenvalue weighted by Crippen LogP contribution is -2.49. The number of carbonyl (C=O) groups excluding carboxylic acids is 1. The molecule has 0 fully saturated rings. The van der Waals surface area contributed by atoms with Crippen LogP contribution >= 0.6 is 22.9 Å². The van der Waals surface area contributed by atoms with Crippen LogP contribution in [-0.2, 0) is 11.2 Å². The van der Waals surface area contributed by atoms with Gasteiger partial charge in [-0.05, 0) is 24.5 Å². The van der Waals surface area contributed by atoms with E-state index in [2.05, 4.69) is 10.6 Å². The predicted octanol–water partition coefficient (Wildman–Crippen LogP) is 2.74. The second kappa shape index (κ2) is 8.11. The van der Waals surface area contributed by atoms with Gasteiger partial charge in [0.25, 0.3) is 0 Å². The summed E-state index contributed by atoms with van der Waals surface area (Å²) in [5.74, 6) is -1.13. The standard InChI is InChI=1S/C13H19ClN2O3S/c1-3-8(2)11(12(17)18)16-13(19)15-7-6-9-4-5-10(14)20-9/h4-5,8,11H,3,6-7H2,1-2H3,(H,17,18)(H2,15,16,19)/t8-,11-/m0/s1. The lowest BCUT2D eigenvalue weighted by Gasteiger charge is -2.20. The molecule has 1 aromatic heterocycles. The van der Waals surface area contributed by atoms with E-state index in [-0.39, 0.29) is 5.92 Å². The third kappa shape index (κ3) is 5.38. The largest absolute Gasteiger partial charge is 0.480 e. The van der Waals surface area contributed by atoms with E-state index >= 15 is 0 Å². The van der Waals surface area contributed by atoms with E-state index in [9.17, 15) is 9.59 Å². The van der Waals surface area contributed by atoms with E-state index in [0.29, 0.717) is 23.7 Å². The number of rotatable bonds is 7. The maximum absolute atomic E-state index is 11.7. The highest BCUT2D eigenvalue weighted by molar-refractivity contribution is 7.16. The van der Waals surface area contributed by atoms with E-state index in [4.69, 9.17) is 16.7 Å². The summed E-state index contributed by atoms with van der Waals surface area (Å²) in [7, 11) is 0. The topological polar surface area (TPSA) is 78.4 Å². The van der Waals surface area contributed by atoms with Gasteiger partial charge in [-0.3, -0.25) is 0 Å². The number of halogens is 1. The molecule has 0 saturated heterocycles. The van der Waals surface area contributed by atoms with Crippen molar-refractivity contribution in [2.75, 3.05) is 6.54 Å². The summed E-state index contributed by atoms with van der Waals surface area (Å²) in [4.78, 5) is 23.8. The SMILES string of the molecule is CC[C@H](C)[C@H](NC(=O)NCCc1ccc(Cl)s1)C(=O)O. The molecule has 0 spiro atoms. The number of amides is 2. The molecule has 1 aromatic rings. The molecule has 1 rings (SSSR count). The van der Waals surface area contributed by atoms with Gasteiger partial charge in [0.05, 0.1) is 4.34 Å². The monoisotopic (exact) mass is 318 g/mol. The Labute approximate surface area is 127 Å². The van der Waals surface area contributed by atoms with Gasteiger partial charge >= 0.3 is 12.0 Å². The van der Waals surface area contributed by atoms with Crippen LogP contribution in [0.25, 0.3) is 0 Å². The lowest BCUT2D eigenvalue weighted by atomic mass is 9.99. The van der Waals surface area contributed by atoms with Crippen molar-refractivity contribution < 1.29 is 14.7 Å². The highest BCUT2D eigenvalue weighted by Gasteiger charge is 2.24. The van der Waals surface area contributed by atoms with Crippen molar-refractivity contribution in [3.8, 4) is 0 Å². The van der Waals surface area contributed by atoms with Gasteiger partial charge in [0.2, 0.25) is 0 Å². The number of carboxylic acids is 1. The van der Waals surface area contributed by atoms with Crippen LogP contribution in [0.1, 0.15) is 25.1 Å². The molecule has 3 N–H and O–H groups in total. The molecule has 0 aliphatic carbocycles. The Hall–Kier alpha value is -1.27. The normalized spacial score (nSPS) is 13.6. The molecule has 7 heteroatoms. The first-order chi connectivity index (χ1) is 9.43. The molecular weight excluding hydrogens is 300 g/mol. The van der Waals surface area contributed by atoms with Gasteiger partial charge in [0.1, 0.15) is 6.04 Å². The average molecular weight is 319 g/mol. The Morgan fingerprint density at radius 1 is 1.45 bits per heavy atom. The Balaban J connectivity index is 2.36. The maximum Gasteiger partial charge on any atom is 0.326 e. The number of carbonyl (C=O) groups is 2. The van der Waals surface area contributed by atoms with Crippen LogP contribution < -0.4 is 10.6 Å². The molecule has 0 saturated carbocycles. The maximum atomic E-state index is 11.7. The number of hydrogen-bond acceptors (Lipinski definition) is 3. The van der Waals surface area contributed by atoms with Gasteiger partial charge in [-0.2, -0.15) is 0 Å².